The lowest BCUT2D eigenvalue weighted by Crippen LogP contribution is -2.20. The first-order chi connectivity index (χ1) is 13.0. The van der Waals surface area contributed by atoms with Crippen molar-refractivity contribution in [2.75, 3.05) is 5.75 Å². The highest BCUT2D eigenvalue weighted by Gasteiger charge is 2.16. The number of hydrogen-bond acceptors (Lipinski definition) is 5. The van der Waals surface area contributed by atoms with Crippen LogP contribution in [0.4, 0.5) is 0 Å². The third-order valence-corrected chi connectivity index (χ3v) is 5.69. The summed E-state index contributed by atoms with van der Waals surface area (Å²) >= 11 is 1.32. The Bertz CT molecular complexity index is 1260. The van der Waals surface area contributed by atoms with Crippen molar-refractivity contribution in [1.82, 2.24) is 19.2 Å². The first kappa shape index (κ1) is 17.5. The number of aromatic nitrogens is 4. The Balaban J connectivity index is 1.72. The van der Waals surface area contributed by atoms with Crippen LogP contribution in [0.3, 0.4) is 0 Å². The summed E-state index contributed by atoms with van der Waals surface area (Å²) in [6.45, 7) is 4.02. The highest BCUT2D eigenvalue weighted by atomic mass is 32.2. The Morgan fingerprint density at radius 3 is 2.63 bits per heavy atom. The van der Waals surface area contributed by atoms with Gasteiger partial charge < -0.3 is 0 Å². The van der Waals surface area contributed by atoms with Gasteiger partial charge in [-0.2, -0.15) is 0 Å². The largest absolute Gasteiger partial charge is 0.293 e. The highest BCUT2D eigenvalue weighted by molar-refractivity contribution is 7.99. The van der Waals surface area contributed by atoms with Crippen molar-refractivity contribution in [3.63, 3.8) is 0 Å². The summed E-state index contributed by atoms with van der Waals surface area (Å²) in [7, 11) is 1.67. The van der Waals surface area contributed by atoms with E-state index in [4.69, 9.17) is 0 Å². The third kappa shape index (κ3) is 2.94. The van der Waals surface area contributed by atoms with Gasteiger partial charge in [0.15, 0.2) is 10.9 Å². The molecule has 7 heteroatoms. The molecule has 136 valence electrons. The van der Waals surface area contributed by atoms with E-state index in [2.05, 4.69) is 10.2 Å². The molecule has 0 saturated carbocycles. The van der Waals surface area contributed by atoms with Crippen molar-refractivity contribution < 1.29 is 4.79 Å². The summed E-state index contributed by atoms with van der Waals surface area (Å²) in [5.74, 6) is 0.745. The Hall–Kier alpha value is -2.93. The Morgan fingerprint density at radius 2 is 1.85 bits per heavy atom. The average molecular weight is 378 g/mol. The zero-order chi connectivity index (χ0) is 19.1. The predicted molar refractivity (Wildman–Crippen MR) is 107 cm³/mol. The van der Waals surface area contributed by atoms with Gasteiger partial charge in [-0.1, -0.05) is 36.0 Å². The fraction of sp³-hybridized carbons (Fsp3) is 0.200. The number of ketones is 1. The minimum absolute atomic E-state index is 0.0361. The van der Waals surface area contributed by atoms with Crippen LogP contribution in [0.25, 0.3) is 16.7 Å². The summed E-state index contributed by atoms with van der Waals surface area (Å²) in [5.41, 5.74) is 3.57. The number of carbonyl (C=O) groups is 1. The summed E-state index contributed by atoms with van der Waals surface area (Å²) in [6, 6.07) is 13.1. The molecule has 0 atom stereocenters. The fourth-order valence-corrected chi connectivity index (χ4v) is 3.87. The van der Waals surface area contributed by atoms with Crippen LogP contribution in [0.2, 0.25) is 0 Å². The number of thioether (sulfide) groups is 1. The van der Waals surface area contributed by atoms with E-state index in [-0.39, 0.29) is 17.1 Å². The molecule has 2 aromatic carbocycles. The van der Waals surface area contributed by atoms with Crippen LogP contribution in [-0.2, 0) is 7.05 Å². The van der Waals surface area contributed by atoms with E-state index in [9.17, 15) is 9.59 Å². The molecule has 0 aliphatic heterocycles. The molecule has 0 N–H and O–H groups in total. The number of carbonyl (C=O) groups excluding carboxylic acids is 1. The number of para-hydroxylation sites is 1. The second-order valence-electron chi connectivity index (χ2n) is 6.51. The molecular formula is C20H18N4O2S. The van der Waals surface area contributed by atoms with Crippen molar-refractivity contribution in [2.24, 2.45) is 7.05 Å². The first-order valence-corrected chi connectivity index (χ1v) is 9.52. The van der Waals surface area contributed by atoms with E-state index >= 15 is 0 Å². The maximum Gasteiger partial charge on any atom is 0.262 e. The van der Waals surface area contributed by atoms with Crippen LogP contribution in [0.15, 0.2) is 52.4 Å². The van der Waals surface area contributed by atoms with Crippen LogP contribution >= 0.6 is 11.8 Å². The number of aryl methyl sites for hydroxylation is 3. The van der Waals surface area contributed by atoms with Crippen molar-refractivity contribution in [1.29, 1.82) is 0 Å². The monoisotopic (exact) mass is 378 g/mol. The minimum atomic E-state index is -0.117. The molecule has 0 bridgehead atoms. The minimum Gasteiger partial charge on any atom is -0.293 e. The lowest BCUT2D eigenvalue weighted by atomic mass is 10.0. The van der Waals surface area contributed by atoms with Gasteiger partial charge in [-0.15, -0.1) is 10.2 Å². The Labute approximate surface area is 159 Å². The molecule has 4 aromatic rings. The third-order valence-electron chi connectivity index (χ3n) is 4.76. The van der Waals surface area contributed by atoms with Gasteiger partial charge in [-0.25, -0.2) is 0 Å². The molecular weight excluding hydrogens is 360 g/mol. The number of Topliss-reactive ketones (excluding diaryl/α,β-unsaturated/α-hetero) is 1. The van der Waals surface area contributed by atoms with Gasteiger partial charge in [0.1, 0.15) is 0 Å². The van der Waals surface area contributed by atoms with Gasteiger partial charge >= 0.3 is 0 Å². The highest BCUT2D eigenvalue weighted by Crippen LogP contribution is 2.22. The maximum atomic E-state index is 12.6. The Morgan fingerprint density at radius 1 is 1.07 bits per heavy atom. The van der Waals surface area contributed by atoms with E-state index in [1.54, 1.807) is 13.1 Å². The smallest absolute Gasteiger partial charge is 0.262 e. The molecule has 2 aromatic heterocycles. The first-order valence-electron chi connectivity index (χ1n) is 8.53. The Kier molecular flexibility index (Phi) is 4.31. The maximum absolute atomic E-state index is 12.6. The van der Waals surface area contributed by atoms with Crippen LogP contribution in [0.5, 0.6) is 0 Å². The number of benzene rings is 2. The zero-order valence-corrected chi connectivity index (χ0v) is 16.1. The SMILES string of the molecule is Cc1ccc(C(=O)CSc2nnc3n(C)c(=O)c4ccccc4n23)cc1C. The van der Waals surface area contributed by atoms with Crippen LogP contribution in [0, 0.1) is 13.8 Å². The van der Waals surface area contributed by atoms with Crippen LogP contribution in [0.1, 0.15) is 21.5 Å². The predicted octanol–water partition coefficient (Wildman–Crippen LogP) is 3.17. The summed E-state index contributed by atoms with van der Waals surface area (Å²) in [5, 5.41) is 9.54. The van der Waals surface area contributed by atoms with Gasteiger partial charge in [-0.05, 0) is 43.2 Å². The molecule has 2 heterocycles. The van der Waals surface area contributed by atoms with Gasteiger partial charge in [0.2, 0.25) is 5.78 Å². The quantitative estimate of drug-likeness (QED) is 0.403. The van der Waals surface area contributed by atoms with Crippen LogP contribution in [-0.4, -0.2) is 30.7 Å². The van der Waals surface area contributed by atoms with Gasteiger partial charge in [-0.3, -0.25) is 18.6 Å². The second-order valence-corrected chi connectivity index (χ2v) is 7.45. The molecule has 4 rings (SSSR count). The fourth-order valence-electron chi connectivity index (χ4n) is 3.03. The lowest BCUT2D eigenvalue weighted by molar-refractivity contribution is 0.102. The molecule has 0 aliphatic carbocycles. The molecule has 0 spiro atoms. The molecule has 0 radical (unpaired) electrons. The summed E-state index contributed by atoms with van der Waals surface area (Å²) in [6.07, 6.45) is 0. The second kappa shape index (κ2) is 6.66. The van der Waals surface area contributed by atoms with Gasteiger partial charge in [0, 0.05) is 12.6 Å². The van der Waals surface area contributed by atoms with Gasteiger partial charge in [0.25, 0.3) is 5.56 Å². The molecule has 0 aliphatic rings. The van der Waals surface area contributed by atoms with E-state index in [1.165, 1.54) is 16.3 Å². The topological polar surface area (TPSA) is 69.3 Å². The molecule has 0 fully saturated rings. The number of rotatable bonds is 4. The van der Waals surface area contributed by atoms with Gasteiger partial charge in [0.05, 0.1) is 16.7 Å². The number of fused-ring (bicyclic) bond motifs is 3. The van der Waals surface area contributed by atoms with Crippen molar-refractivity contribution >= 4 is 34.2 Å². The summed E-state index contributed by atoms with van der Waals surface area (Å²) in [4.78, 5) is 25.1. The van der Waals surface area contributed by atoms with Crippen molar-refractivity contribution in [2.45, 2.75) is 19.0 Å². The van der Waals surface area contributed by atoms with E-state index < -0.39 is 0 Å². The molecule has 0 saturated heterocycles. The van der Waals surface area contributed by atoms with E-state index in [1.807, 2.05) is 54.6 Å². The van der Waals surface area contributed by atoms with Crippen molar-refractivity contribution in [3.05, 3.63) is 69.5 Å². The van der Waals surface area contributed by atoms with E-state index in [0.29, 0.717) is 21.9 Å². The van der Waals surface area contributed by atoms with E-state index in [0.717, 1.165) is 16.6 Å². The van der Waals surface area contributed by atoms with Crippen LogP contribution < -0.4 is 5.56 Å². The van der Waals surface area contributed by atoms with Crippen molar-refractivity contribution in [3.8, 4) is 0 Å². The standard InChI is InChI=1S/C20H18N4O2S/c1-12-8-9-14(10-13(12)2)17(25)11-27-20-22-21-19-23(3)18(26)15-6-4-5-7-16(15)24(19)20/h4-10H,11H2,1-3H3. The molecule has 0 amide bonds. The molecule has 0 unspecified atom stereocenters. The zero-order valence-electron chi connectivity index (χ0n) is 15.3. The summed E-state index contributed by atoms with van der Waals surface area (Å²) < 4.78 is 3.31. The number of hydrogen-bond donors (Lipinski definition) is 0. The molecule has 6 nitrogen and oxygen atoms in total. The lowest BCUT2D eigenvalue weighted by Gasteiger charge is -2.07. The normalized spacial score (nSPS) is 11.4. The molecule has 27 heavy (non-hydrogen) atoms. The average Bonchev–Trinajstić information content (AvgIpc) is 3.10. The number of nitrogens with zero attached hydrogens (tertiary/aromatic N) is 4.